The van der Waals surface area contributed by atoms with E-state index in [1.807, 2.05) is 31.2 Å². The number of nitrogens with one attached hydrogen (secondary N) is 1. The molecule has 1 unspecified atom stereocenters. The fourth-order valence-electron chi connectivity index (χ4n) is 2.35. The molecule has 0 radical (unpaired) electrons. The minimum Gasteiger partial charge on any atom is -0.494 e. The normalized spacial score (nSPS) is 11.6. The number of aliphatic carboxylic acids is 1. The molecule has 132 valence electrons. The summed E-state index contributed by atoms with van der Waals surface area (Å²) in [4.78, 5) is 22.9. The number of ether oxygens (including phenoxy) is 1. The van der Waals surface area contributed by atoms with E-state index in [1.54, 1.807) is 31.2 Å². The lowest BCUT2D eigenvalue weighted by molar-refractivity contribution is -0.138. The molecule has 0 aromatic heterocycles. The quantitative estimate of drug-likeness (QED) is 0.712. The predicted octanol–water partition coefficient (Wildman–Crippen LogP) is 3.98. The fourth-order valence-corrected chi connectivity index (χ4v) is 2.35. The van der Waals surface area contributed by atoms with Crippen molar-refractivity contribution in [1.29, 1.82) is 0 Å². The van der Waals surface area contributed by atoms with Gasteiger partial charge in [-0.05, 0) is 55.7 Å². The Hall–Kier alpha value is -2.82. The number of benzene rings is 2. The van der Waals surface area contributed by atoms with Crippen molar-refractivity contribution < 1.29 is 19.4 Å². The minimum absolute atomic E-state index is 0.0909. The van der Waals surface area contributed by atoms with Gasteiger partial charge >= 0.3 is 5.97 Å². The molecule has 25 heavy (non-hydrogen) atoms. The van der Waals surface area contributed by atoms with Gasteiger partial charge in [0.25, 0.3) is 0 Å². The molecule has 0 saturated heterocycles. The molecule has 2 aromatic rings. The van der Waals surface area contributed by atoms with Gasteiger partial charge in [-0.15, -0.1) is 0 Å². The lowest BCUT2D eigenvalue weighted by Gasteiger charge is -2.09. The second-order valence-corrected chi connectivity index (χ2v) is 6.00. The van der Waals surface area contributed by atoms with Gasteiger partial charge in [-0.1, -0.05) is 24.3 Å². The molecule has 0 aliphatic carbocycles. The second-order valence-electron chi connectivity index (χ2n) is 6.00. The van der Waals surface area contributed by atoms with Gasteiger partial charge in [-0.3, -0.25) is 9.59 Å². The molecule has 0 aliphatic rings. The third kappa shape index (κ3) is 5.95. The van der Waals surface area contributed by atoms with Crippen LogP contribution in [0.15, 0.2) is 48.5 Å². The van der Waals surface area contributed by atoms with Crippen molar-refractivity contribution in [2.45, 2.75) is 32.6 Å². The number of carbonyl (C=O) groups excluding carboxylic acids is 1. The average molecular weight is 341 g/mol. The van der Waals surface area contributed by atoms with Crippen LogP contribution in [-0.4, -0.2) is 23.6 Å². The van der Waals surface area contributed by atoms with Crippen molar-refractivity contribution in [2.24, 2.45) is 0 Å². The Morgan fingerprint density at radius 1 is 1.16 bits per heavy atom. The number of carboxylic acids is 1. The summed E-state index contributed by atoms with van der Waals surface area (Å²) in [5.74, 6) is -0.718. The van der Waals surface area contributed by atoms with Gasteiger partial charge in [-0.25, -0.2) is 0 Å². The van der Waals surface area contributed by atoms with E-state index >= 15 is 0 Å². The van der Waals surface area contributed by atoms with Crippen LogP contribution in [0.1, 0.15) is 36.8 Å². The molecule has 1 atom stereocenters. The number of hydrogen-bond acceptors (Lipinski definition) is 3. The summed E-state index contributed by atoms with van der Waals surface area (Å²) < 4.78 is 5.62. The smallest absolute Gasteiger partial charge is 0.310 e. The van der Waals surface area contributed by atoms with Crippen LogP contribution in [0.2, 0.25) is 0 Å². The Kier molecular flexibility index (Phi) is 6.57. The Morgan fingerprint density at radius 2 is 1.88 bits per heavy atom. The molecule has 2 aromatic carbocycles. The molecule has 2 N–H and O–H groups in total. The third-order valence-electron chi connectivity index (χ3n) is 3.87. The Balaban J connectivity index is 1.74. The van der Waals surface area contributed by atoms with E-state index < -0.39 is 11.9 Å². The highest BCUT2D eigenvalue weighted by molar-refractivity contribution is 5.90. The Bertz CT molecular complexity index is 725. The largest absolute Gasteiger partial charge is 0.494 e. The lowest BCUT2D eigenvalue weighted by atomic mass is 10.0. The summed E-state index contributed by atoms with van der Waals surface area (Å²) >= 11 is 0. The topological polar surface area (TPSA) is 75.6 Å². The van der Waals surface area contributed by atoms with E-state index in [9.17, 15) is 9.59 Å². The third-order valence-corrected chi connectivity index (χ3v) is 3.87. The van der Waals surface area contributed by atoms with Crippen LogP contribution in [0.25, 0.3) is 0 Å². The summed E-state index contributed by atoms with van der Waals surface area (Å²) in [5.41, 5.74) is 2.50. The van der Waals surface area contributed by atoms with E-state index in [4.69, 9.17) is 9.84 Å². The molecule has 0 heterocycles. The monoisotopic (exact) mass is 341 g/mol. The van der Waals surface area contributed by atoms with Gasteiger partial charge in [-0.2, -0.15) is 0 Å². The van der Waals surface area contributed by atoms with Gasteiger partial charge in [0.05, 0.1) is 12.5 Å². The summed E-state index contributed by atoms with van der Waals surface area (Å²) in [6, 6.07) is 14.7. The van der Waals surface area contributed by atoms with Crippen LogP contribution < -0.4 is 10.1 Å². The van der Waals surface area contributed by atoms with Crippen LogP contribution in [0.3, 0.4) is 0 Å². The number of hydrogen-bond donors (Lipinski definition) is 2. The molecule has 0 saturated carbocycles. The van der Waals surface area contributed by atoms with Crippen molar-refractivity contribution >= 4 is 17.6 Å². The van der Waals surface area contributed by atoms with Gasteiger partial charge < -0.3 is 15.2 Å². The van der Waals surface area contributed by atoms with Crippen molar-refractivity contribution in [3.8, 4) is 5.75 Å². The zero-order valence-electron chi connectivity index (χ0n) is 14.5. The van der Waals surface area contributed by atoms with E-state index in [0.29, 0.717) is 30.7 Å². The molecule has 0 spiro atoms. The highest BCUT2D eigenvalue weighted by Gasteiger charge is 2.13. The van der Waals surface area contributed by atoms with E-state index in [1.165, 1.54) is 0 Å². The van der Waals surface area contributed by atoms with Gasteiger partial charge in [0.1, 0.15) is 5.75 Å². The highest BCUT2D eigenvalue weighted by Crippen LogP contribution is 2.18. The summed E-state index contributed by atoms with van der Waals surface area (Å²) in [7, 11) is 0. The number of carbonyl (C=O) groups is 2. The summed E-state index contributed by atoms with van der Waals surface area (Å²) in [5, 5.41) is 11.8. The maximum Gasteiger partial charge on any atom is 0.310 e. The van der Waals surface area contributed by atoms with Crippen LogP contribution in [0.5, 0.6) is 5.75 Å². The maximum atomic E-state index is 11.9. The molecule has 1 amide bonds. The zero-order chi connectivity index (χ0) is 18.2. The SMILES string of the molecule is Cc1cccc(OCCCC(=O)Nc2ccc(C(C)C(=O)O)cc2)c1. The molecular weight excluding hydrogens is 318 g/mol. The number of carboxylic acid groups (broad SMARTS) is 1. The van der Waals surface area contributed by atoms with Crippen LogP contribution in [-0.2, 0) is 9.59 Å². The van der Waals surface area contributed by atoms with Crippen LogP contribution in [0, 0.1) is 6.92 Å². The van der Waals surface area contributed by atoms with Crippen molar-refractivity contribution in [1.82, 2.24) is 0 Å². The predicted molar refractivity (Wildman–Crippen MR) is 97.0 cm³/mol. The van der Waals surface area contributed by atoms with Gasteiger partial charge in [0.15, 0.2) is 0 Å². The Labute approximate surface area is 147 Å². The van der Waals surface area contributed by atoms with Crippen LogP contribution in [0.4, 0.5) is 5.69 Å². The second kappa shape index (κ2) is 8.87. The maximum absolute atomic E-state index is 11.9. The summed E-state index contributed by atoms with van der Waals surface area (Å²) in [6.45, 7) is 4.11. The number of anilines is 1. The average Bonchev–Trinajstić information content (AvgIpc) is 2.59. The van der Waals surface area contributed by atoms with E-state index in [0.717, 1.165) is 11.3 Å². The number of rotatable bonds is 8. The Morgan fingerprint density at radius 3 is 2.52 bits per heavy atom. The van der Waals surface area contributed by atoms with Crippen LogP contribution >= 0.6 is 0 Å². The molecule has 0 fully saturated rings. The lowest BCUT2D eigenvalue weighted by Crippen LogP contribution is -2.13. The first-order chi connectivity index (χ1) is 12.0. The first-order valence-electron chi connectivity index (χ1n) is 8.28. The first kappa shape index (κ1) is 18.5. The zero-order valence-corrected chi connectivity index (χ0v) is 14.5. The van der Waals surface area contributed by atoms with E-state index in [-0.39, 0.29) is 5.91 Å². The van der Waals surface area contributed by atoms with Crippen molar-refractivity contribution in [3.63, 3.8) is 0 Å². The number of aryl methyl sites for hydroxylation is 1. The molecule has 5 nitrogen and oxygen atoms in total. The first-order valence-corrected chi connectivity index (χ1v) is 8.28. The molecule has 2 rings (SSSR count). The standard InChI is InChI=1S/C20H23NO4/c1-14-5-3-6-18(13-14)25-12-4-7-19(22)21-17-10-8-16(9-11-17)15(2)20(23)24/h3,5-6,8-11,13,15H,4,7,12H2,1-2H3,(H,21,22)(H,23,24). The number of amides is 1. The molecule has 0 bridgehead atoms. The van der Waals surface area contributed by atoms with E-state index in [2.05, 4.69) is 5.32 Å². The highest BCUT2D eigenvalue weighted by atomic mass is 16.5. The molecule has 0 aliphatic heterocycles. The van der Waals surface area contributed by atoms with Gasteiger partial charge in [0.2, 0.25) is 5.91 Å². The minimum atomic E-state index is -0.870. The molecular formula is C20H23NO4. The van der Waals surface area contributed by atoms with Gasteiger partial charge in [0, 0.05) is 12.1 Å². The fraction of sp³-hybridized carbons (Fsp3) is 0.300. The van der Waals surface area contributed by atoms with Crippen molar-refractivity contribution in [2.75, 3.05) is 11.9 Å². The molecule has 5 heteroatoms. The summed E-state index contributed by atoms with van der Waals surface area (Å²) in [6.07, 6.45) is 0.979. The van der Waals surface area contributed by atoms with Crippen molar-refractivity contribution in [3.05, 3.63) is 59.7 Å².